The highest BCUT2D eigenvalue weighted by Gasteiger charge is 2.14. The molecule has 136 valence electrons. The van der Waals surface area contributed by atoms with Crippen LogP contribution in [0.3, 0.4) is 0 Å². The Morgan fingerprint density at radius 1 is 1.20 bits per heavy atom. The topological polar surface area (TPSA) is 36.8 Å². The molecule has 0 fully saturated rings. The van der Waals surface area contributed by atoms with Crippen LogP contribution in [-0.2, 0) is 14.1 Å². The lowest BCUT2D eigenvalue weighted by atomic mass is 10.1. The number of rotatable bonds is 7. The Balaban J connectivity index is 2.16. The molecular weight excluding hydrogens is 312 g/mol. The molecule has 6 nitrogen and oxygen atoms in total. The number of hydrogen-bond donors (Lipinski definition) is 0. The molecular formula is C19H32N6+2. The van der Waals surface area contributed by atoms with E-state index in [-0.39, 0.29) is 0 Å². The number of quaternary nitrogens is 1. The predicted molar refractivity (Wildman–Crippen MR) is 103 cm³/mol. The van der Waals surface area contributed by atoms with Gasteiger partial charge in [0.1, 0.15) is 5.69 Å². The van der Waals surface area contributed by atoms with Gasteiger partial charge in [-0.2, -0.15) is 0 Å². The van der Waals surface area contributed by atoms with E-state index in [2.05, 4.69) is 68.3 Å². The van der Waals surface area contributed by atoms with Gasteiger partial charge in [0, 0.05) is 17.3 Å². The Kier molecular flexibility index (Phi) is 5.95. The van der Waals surface area contributed by atoms with Gasteiger partial charge in [0.15, 0.2) is 0 Å². The summed E-state index contributed by atoms with van der Waals surface area (Å²) in [5, 5.41) is 8.84. The molecule has 1 heterocycles. The van der Waals surface area contributed by atoms with Crippen LogP contribution in [0.5, 0.6) is 0 Å². The fourth-order valence-electron chi connectivity index (χ4n) is 2.66. The predicted octanol–water partition coefficient (Wildman–Crippen LogP) is 3.11. The molecule has 0 aliphatic heterocycles. The molecule has 0 aliphatic rings. The first-order valence-electron chi connectivity index (χ1n) is 8.80. The molecule has 2 rings (SSSR count). The van der Waals surface area contributed by atoms with Crippen LogP contribution in [0.1, 0.15) is 12.5 Å². The van der Waals surface area contributed by atoms with Crippen molar-refractivity contribution in [2.24, 2.45) is 24.3 Å². The molecule has 0 spiro atoms. The van der Waals surface area contributed by atoms with Crippen molar-refractivity contribution < 1.29 is 9.05 Å². The molecule has 0 saturated heterocycles. The molecule has 6 heteroatoms. The smallest absolute Gasteiger partial charge is 0.366 e. The molecule has 0 radical (unpaired) electrons. The molecule has 0 atom stereocenters. The van der Waals surface area contributed by atoms with Gasteiger partial charge in [0.2, 0.25) is 0 Å². The van der Waals surface area contributed by atoms with Gasteiger partial charge >= 0.3 is 5.95 Å². The fourth-order valence-corrected chi connectivity index (χ4v) is 2.66. The number of aryl methyl sites for hydroxylation is 3. The number of hydrogen-bond acceptors (Lipinski definition) is 3. The number of nitrogens with zero attached hydrogens (tertiary/aromatic N) is 6. The van der Waals surface area contributed by atoms with Gasteiger partial charge in [-0.1, -0.05) is 5.11 Å². The van der Waals surface area contributed by atoms with Crippen molar-refractivity contribution in [1.82, 2.24) is 4.57 Å². The molecule has 1 aromatic heterocycles. The standard InChI is InChI=1S/C19H32N6/c1-8-24(13-14-25(5,6)7)17-9-10-18(16(2)15-17)20-21-19-22(3)11-12-23(19)4/h9-12,15H,8,13-14H2,1-7H3/q+2. The summed E-state index contributed by atoms with van der Waals surface area (Å²) in [6.07, 6.45) is 3.94. The van der Waals surface area contributed by atoms with Crippen LogP contribution >= 0.6 is 0 Å². The summed E-state index contributed by atoms with van der Waals surface area (Å²) in [5.41, 5.74) is 3.30. The zero-order valence-electron chi connectivity index (χ0n) is 16.7. The van der Waals surface area contributed by atoms with Crippen LogP contribution in [0.2, 0.25) is 0 Å². The second-order valence-corrected chi connectivity index (χ2v) is 7.58. The van der Waals surface area contributed by atoms with Crippen LogP contribution in [0.25, 0.3) is 0 Å². The van der Waals surface area contributed by atoms with E-state index in [0.717, 1.165) is 41.3 Å². The second-order valence-electron chi connectivity index (χ2n) is 7.58. The lowest BCUT2D eigenvalue weighted by Crippen LogP contribution is -2.42. The summed E-state index contributed by atoms with van der Waals surface area (Å²) in [6.45, 7) is 7.45. The summed E-state index contributed by atoms with van der Waals surface area (Å²) < 4.78 is 4.88. The third-order valence-corrected chi connectivity index (χ3v) is 4.36. The van der Waals surface area contributed by atoms with E-state index >= 15 is 0 Å². The zero-order chi connectivity index (χ0) is 18.6. The van der Waals surface area contributed by atoms with Gasteiger partial charge in [-0.15, -0.1) is 0 Å². The zero-order valence-corrected chi connectivity index (χ0v) is 16.7. The number of benzene rings is 1. The minimum Gasteiger partial charge on any atom is -0.366 e. The van der Waals surface area contributed by atoms with Crippen LogP contribution in [-0.4, -0.2) is 49.8 Å². The highest BCUT2D eigenvalue weighted by atomic mass is 15.3. The Morgan fingerprint density at radius 2 is 1.92 bits per heavy atom. The first-order chi connectivity index (χ1) is 11.7. The lowest BCUT2D eigenvalue weighted by Gasteiger charge is -2.29. The maximum Gasteiger partial charge on any atom is 0.421 e. The van der Waals surface area contributed by atoms with Gasteiger partial charge in [-0.25, -0.2) is 9.13 Å². The van der Waals surface area contributed by atoms with E-state index in [4.69, 9.17) is 0 Å². The number of likely N-dealkylation sites (N-methyl/N-ethyl adjacent to an activating group) is 2. The quantitative estimate of drug-likeness (QED) is 0.432. The number of imidazole rings is 1. The third-order valence-electron chi connectivity index (χ3n) is 4.36. The molecule has 0 aliphatic carbocycles. The fraction of sp³-hybridized carbons (Fsp3) is 0.526. The van der Waals surface area contributed by atoms with E-state index in [1.807, 2.05) is 35.6 Å². The maximum atomic E-state index is 4.44. The normalized spacial score (nSPS) is 12.1. The molecule has 25 heavy (non-hydrogen) atoms. The van der Waals surface area contributed by atoms with Crippen LogP contribution in [0.15, 0.2) is 40.8 Å². The van der Waals surface area contributed by atoms with Gasteiger partial charge in [-0.3, -0.25) is 0 Å². The van der Waals surface area contributed by atoms with Crippen molar-refractivity contribution in [3.63, 3.8) is 0 Å². The first kappa shape index (κ1) is 19.1. The average Bonchev–Trinajstić information content (AvgIpc) is 2.85. The molecule has 0 N–H and O–H groups in total. The van der Waals surface area contributed by atoms with Crippen molar-refractivity contribution >= 4 is 17.3 Å². The number of azo groups is 1. The van der Waals surface area contributed by atoms with E-state index in [1.165, 1.54) is 5.69 Å². The number of aromatic nitrogens is 2. The van der Waals surface area contributed by atoms with Crippen molar-refractivity contribution in [3.8, 4) is 0 Å². The Labute approximate surface area is 151 Å². The summed E-state index contributed by atoms with van der Waals surface area (Å²) in [4.78, 5) is 2.41. The Bertz CT molecular complexity index is 719. The molecule has 0 saturated carbocycles. The van der Waals surface area contributed by atoms with Crippen molar-refractivity contribution in [3.05, 3.63) is 36.2 Å². The summed E-state index contributed by atoms with van der Waals surface area (Å²) in [6, 6.07) is 6.41. The third kappa shape index (κ3) is 5.13. The summed E-state index contributed by atoms with van der Waals surface area (Å²) >= 11 is 0. The van der Waals surface area contributed by atoms with Gasteiger partial charge in [-0.05, 0) is 37.6 Å². The minimum absolute atomic E-state index is 0.821. The van der Waals surface area contributed by atoms with E-state index in [9.17, 15) is 0 Å². The Morgan fingerprint density at radius 3 is 2.44 bits per heavy atom. The molecule has 2 aromatic rings. The number of anilines is 1. The highest BCUT2D eigenvalue weighted by Crippen LogP contribution is 2.26. The van der Waals surface area contributed by atoms with E-state index in [1.54, 1.807) is 0 Å². The van der Waals surface area contributed by atoms with Crippen LogP contribution in [0, 0.1) is 6.92 Å². The Hall–Kier alpha value is -2.21. The second kappa shape index (κ2) is 7.78. The van der Waals surface area contributed by atoms with Crippen LogP contribution in [0.4, 0.5) is 17.3 Å². The molecule has 0 amide bonds. The van der Waals surface area contributed by atoms with E-state index in [0.29, 0.717) is 0 Å². The SMILES string of the molecule is CCN(CC[N+](C)(C)C)c1ccc(N=Nc2n(C)cc[n+]2C)c(C)c1. The van der Waals surface area contributed by atoms with E-state index < -0.39 is 0 Å². The summed E-state index contributed by atoms with van der Waals surface area (Å²) in [5.74, 6) is 0.821. The van der Waals surface area contributed by atoms with Gasteiger partial charge < -0.3 is 9.38 Å². The van der Waals surface area contributed by atoms with Gasteiger partial charge in [0.25, 0.3) is 0 Å². The highest BCUT2D eigenvalue weighted by molar-refractivity contribution is 5.57. The molecule has 0 bridgehead atoms. The first-order valence-corrected chi connectivity index (χ1v) is 8.80. The monoisotopic (exact) mass is 344 g/mol. The molecule has 0 unspecified atom stereocenters. The van der Waals surface area contributed by atoms with Crippen molar-refractivity contribution in [2.45, 2.75) is 13.8 Å². The van der Waals surface area contributed by atoms with Crippen molar-refractivity contribution in [2.75, 3.05) is 45.7 Å². The summed E-state index contributed by atoms with van der Waals surface area (Å²) in [7, 11) is 10.6. The largest absolute Gasteiger partial charge is 0.421 e. The minimum atomic E-state index is 0.821. The van der Waals surface area contributed by atoms with Crippen LogP contribution < -0.4 is 9.47 Å². The average molecular weight is 345 g/mol. The molecule has 1 aromatic carbocycles. The van der Waals surface area contributed by atoms with Crippen molar-refractivity contribution in [1.29, 1.82) is 0 Å². The maximum absolute atomic E-state index is 4.44. The lowest BCUT2D eigenvalue weighted by molar-refractivity contribution is -0.868. The van der Waals surface area contributed by atoms with Gasteiger partial charge in [0.05, 0.1) is 60.7 Å².